The zero-order chi connectivity index (χ0) is 18.0. The topological polar surface area (TPSA) is 92.5 Å². The molecule has 0 spiro atoms. The number of piperidine rings is 1. The normalized spacial score (nSPS) is 15.5. The van der Waals surface area contributed by atoms with E-state index < -0.39 is 10.0 Å². The number of nitrogen functional groups attached to an aromatic ring is 1. The molecule has 2 aromatic rings. The largest absolute Gasteiger partial charge is 0.399 e. The number of anilines is 1. The number of nitrogens with zero attached hydrogens (tertiary/aromatic N) is 1. The summed E-state index contributed by atoms with van der Waals surface area (Å²) >= 11 is 1.20. The number of likely N-dealkylation sites (tertiary alicyclic amines) is 1. The summed E-state index contributed by atoms with van der Waals surface area (Å²) < 4.78 is 27.6. The third-order valence-corrected chi connectivity index (χ3v) is 7.27. The number of halogens is 1. The van der Waals surface area contributed by atoms with Gasteiger partial charge in [0.2, 0.25) is 10.0 Å². The highest BCUT2D eigenvalue weighted by Crippen LogP contribution is 2.21. The molecule has 1 amide bonds. The van der Waals surface area contributed by atoms with Crippen LogP contribution in [0.3, 0.4) is 0 Å². The Morgan fingerprint density at radius 2 is 1.96 bits per heavy atom. The number of sulfonamides is 1. The van der Waals surface area contributed by atoms with Crippen LogP contribution in [-0.2, 0) is 10.0 Å². The standard InChI is InChI=1S/C17H21N3O3S2.ClH/c1-12-4-5-13(18)11-15(12)17(21)20-8-6-14(7-9-20)19-25(22,23)16-3-2-10-24-16;/h2-5,10-11,14,19H,6-9,18H2,1H3;1H. The molecular formula is C17H22ClN3O3S2. The van der Waals surface area contributed by atoms with Crippen molar-refractivity contribution in [1.29, 1.82) is 0 Å². The zero-order valence-corrected chi connectivity index (χ0v) is 16.8. The van der Waals surface area contributed by atoms with E-state index in [1.807, 2.05) is 13.0 Å². The first kappa shape index (κ1) is 20.7. The van der Waals surface area contributed by atoms with Gasteiger partial charge in [-0.1, -0.05) is 12.1 Å². The van der Waals surface area contributed by atoms with Crippen molar-refractivity contribution in [2.24, 2.45) is 0 Å². The van der Waals surface area contributed by atoms with E-state index in [4.69, 9.17) is 5.73 Å². The Labute approximate surface area is 163 Å². The maximum absolute atomic E-state index is 12.7. The van der Waals surface area contributed by atoms with E-state index in [2.05, 4.69) is 4.72 Å². The molecule has 1 saturated heterocycles. The van der Waals surface area contributed by atoms with E-state index in [1.165, 1.54) is 11.3 Å². The van der Waals surface area contributed by atoms with Gasteiger partial charge in [0.05, 0.1) is 0 Å². The first-order chi connectivity index (χ1) is 11.9. The van der Waals surface area contributed by atoms with Crippen LogP contribution in [0, 0.1) is 6.92 Å². The van der Waals surface area contributed by atoms with E-state index in [-0.39, 0.29) is 24.4 Å². The number of hydrogen-bond acceptors (Lipinski definition) is 5. The summed E-state index contributed by atoms with van der Waals surface area (Å²) in [6, 6.07) is 8.46. The van der Waals surface area contributed by atoms with Gasteiger partial charge >= 0.3 is 0 Å². The van der Waals surface area contributed by atoms with Crippen molar-refractivity contribution in [3.63, 3.8) is 0 Å². The third kappa shape index (κ3) is 4.56. The number of amides is 1. The van der Waals surface area contributed by atoms with Gasteiger partial charge < -0.3 is 10.6 Å². The Balaban J connectivity index is 0.00000243. The summed E-state index contributed by atoms with van der Waals surface area (Å²) in [6.07, 6.45) is 1.19. The van der Waals surface area contributed by atoms with Gasteiger partial charge in [0.15, 0.2) is 0 Å². The minimum Gasteiger partial charge on any atom is -0.399 e. The fourth-order valence-corrected chi connectivity index (χ4v) is 5.25. The lowest BCUT2D eigenvalue weighted by Crippen LogP contribution is -2.46. The fraction of sp³-hybridized carbons (Fsp3) is 0.353. The van der Waals surface area contributed by atoms with Crippen LogP contribution in [0.1, 0.15) is 28.8 Å². The monoisotopic (exact) mass is 415 g/mol. The van der Waals surface area contributed by atoms with Crippen LogP contribution >= 0.6 is 23.7 Å². The van der Waals surface area contributed by atoms with Gasteiger partial charge in [-0.05, 0) is 48.9 Å². The predicted octanol–water partition coefficient (Wildman–Crippen LogP) is 2.64. The van der Waals surface area contributed by atoms with Gasteiger partial charge in [-0.3, -0.25) is 4.79 Å². The molecule has 0 unspecified atom stereocenters. The maximum atomic E-state index is 12.7. The summed E-state index contributed by atoms with van der Waals surface area (Å²) in [7, 11) is -3.47. The smallest absolute Gasteiger partial charge is 0.254 e. The lowest BCUT2D eigenvalue weighted by Gasteiger charge is -2.32. The second kappa shape index (κ2) is 8.39. The first-order valence-electron chi connectivity index (χ1n) is 8.08. The lowest BCUT2D eigenvalue weighted by atomic mass is 10.0. The summed E-state index contributed by atoms with van der Waals surface area (Å²) in [5, 5.41) is 1.74. The Hall–Kier alpha value is -1.61. The SMILES string of the molecule is Cc1ccc(N)cc1C(=O)N1CCC(NS(=O)(=O)c2cccs2)CC1.Cl. The zero-order valence-electron chi connectivity index (χ0n) is 14.3. The Kier molecular flexibility index (Phi) is 6.68. The summed E-state index contributed by atoms with van der Waals surface area (Å²) in [6.45, 7) is 2.92. The number of hydrogen-bond donors (Lipinski definition) is 2. The second-order valence-corrected chi connectivity index (χ2v) is 9.08. The number of rotatable bonds is 4. The lowest BCUT2D eigenvalue weighted by molar-refractivity contribution is 0.0710. The molecule has 0 radical (unpaired) electrons. The minimum atomic E-state index is -3.47. The second-order valence-electron chi connectivity index (χ2n) is 6.19. The highest BCUT2D eigenvalue weighted by atomic mass is 35.5. The van der Waals surface area contributed by atoms with Gasteiger partial charge in [-0.25, -0.2) is 13.1 Å². The van der Waals surface area contributed by atoms with E-state index in [1.54, 1.807) is 34.5 Å². The molecule has 1 aliphatic rings. The van der Waals surface area contributed by atoms with Gasteiger partial charge in [-0.2, -0.15) is 0 Å². The van der Waals surface area contributed by atoms with Crippen molar-refractivity contribution >= 4 is 45.4 Å². The van der Waals surface area contributed by atoms with Crippen molar-refractivity contribution in [1.82, 2.24) is 9.62 Å². The molecule has 142 valence electrons. The molecule has 26 heavy (non-hydrogen) atoms. The van der Waals surface area contributed by atoms with Crippen molar-refractivity contribution < 1.29 is 13.2 Å². The van der Waals surface area contributed by atoms with Gasteiger partial charge in [0.25, 0.3) is 5.91 Å². The molecule has 9 heteroatoms. The Morgan fingerprint density at radius 1 is 1.27 bits per heavy atom. The van der Waals surface area contributed by atoms with E-state index in [0.717, 1.165) is 5.56 Å². The molecule has 1 aromatic carbocycles. The fourth-order valence-electron chi connectivity index (χ4n) is 2.93. The number of nitrogens with one attached hydrogen (secondary N) is 1. The van der Waals surface area contributed by atoms with Crippen LogP contribution in [0.2, 0.25) is 0 Å². The molecule has 0 saturated carbocycles. The highest BCUT2D eigenvalue weighted by Gasteiger charge is 2.28. The minimum absolute atomic E-state index is 0. The van der Waals surface area contributed by atoms with Gasteiger partial charge in [0.1, 0.15) is 4.21 Å². The predicted molar refractivity (Wildman–Crippen MR) is 106 cm³/mol. The van der Waals surface area contributed by atoms with Crippen LogP contribution in [0.15, 0.2) is 39.9 Å². The van der Waals surface area contributed by atoms with Crippen molar-refractivity contribution in [3.05, 3.63) is 46.8 Å². The van der Waals surface area contributed by atoms with Gasteiger partial charge in [0, 0.05) is 30.4 Å². The number of thiophene rings is 1. The number of aryl methyl sites for hydroxylation is 1. The number of benzene rings is 1. The summed E-state index contributed by atoms with van der Waals surface area (Å²) in [5.41, 5.74) is 7.85. The third-order valence-electron chi connectivity index (χ3n) is 4.36. The summed E-state index contributed by atoms with van der Waals surface area (Å²) in [4.78, 5) is 14.4. The van der Waals surface area contributed by atoms with Crippen LogP contribution < -0.4 is 10.5 Å². The van der Waals surface area contributed by atoms with E-state index in [0.29, 0.717) is 41.4 Å². The number of carbonyl (C=O) groups is 1. The molecule has 2 heterocycles. The Morgan fingerprint density at radius 3 is 2.58 bits per heavy atom. The molecule has 1 fully saturated rings. The molecule has 3 N–H and O–H groups in total. The van der Waals surface area contributed by atoms with Crippen LogP contribution in [-0.4, -0.2) is 38.4 Å². The van der Waals surface area contributed by atoms with Crippen molar-refractivity contribution in [2.45, 2.75) is 30.0 Å². The van der Waals surface area contributed by atoms with Crippen molar-refractivity contribution in [3.8, 4) is 0 Å². The molecule has 6 nitrogen and oxygen atoms in total. The molecule has 1 aliphatic heterocycles. The van der Waals surface area contributed by atoms with Crippen LogP contribution in [0.25, 0.3) is 0 Å². The molecular weight excluding hydrogens is 394 g/mol. The Bertz CT molecular complexity index is 861. The number of nitrogens with two attached hydrogens (primary N) is 1. The number of carbonyl (C=O) groups excluding carboxylic acids is 1. The van der Waals surface area contributed by atoms with Crippen molar-refractivity contribution in [2.75, 3.05) is 18.8 Å². The highest BCUT2D eigenvalue weighted by molar-refractivity contribution is 7.91. The molecule has 3 rings (SSSR count). The average molecular weight is 416 g/mol. The maximum Gasteiger partial charge on any atom is 0.254 e. The molecule has 0 bridgehead atoms. The van der Waals surface area contributed by atoms with E-state index in [9.17, 15) is 13.2 Å². The van der Waals surface area contributed by atoms with Crippen LogP contribution in [0.5, 0.6) is 0 Å². The molecule has 0 aliphatic carbocycles. The van der Waals surface area contributed by atoms with Gasteiger partial charge in [-0.15, -0.1) is 23.7 Å². The first-order valence-corrected chi connectivity index (χ1v) is 10.4. The molecule has 0 atom stereocenters. The quantitative estimate of drug-likeness (QED) is 0.751. The van der Waals surface area contributed by atoms with E-state index >= 15 is 0 Å². The summed E-state index contributed by atoms with van der Waals surface area (Å²) in [5.74, 6) is -0.0515. The van der Waals surface area contributed by atoms with Crippen LogP contribution in [0.4, 0.5) is 5.69 Å². The average Bonchev–Trinajstić information content (AvgIpc) is 3.12. The molecule has 1 aromatic heterocycles.